The molecule has 2 aliphatic rings. The molecule has 0 bridgehead atoms. The number of fused-ring (bicyclic) bond motifs is 1. The lowest BCUT2D eigenvalue weighted by Gasteiger charge is -2.32. The van der Waals surface area contributed by atoms with Crippen LogP contribution >= 0.6 is 0 Å². The van der Waals surface area contributed by atoms with Crippen molar-refractivity contribution in [1.82, 2.24) is 4.90 Å². The highest BCUT2D eigenvalue weighted by atomic mass is 19.4. The SMILES string of the molecule is O=C(O)C[C@H]1CCCN(Cc2ccc3c(C(F)(F)F)c(OC4CCC(C(F)(F)F)CC4)ccc3c2)C1. The van der Waals surface area contributed by atoms with E-state index < -0.39 is 35.9 Å². The van der Waals surface area contributed by atoms with E-state index in [0.29, 0.717) is 18.5 Å². The third kappa shape index (κ3) is 6.44. The van der Waals surface area contributed by atoms with E-state index in [0.717, 1.165) is 24.9 Å². The minimum Gasteiger partial charge on any atom is -0.490 e. The molecule has 0 amide bonds. The highest BCUT2D eigenvalue weighted by Gasteiger charge is 2.42. The van der Waals surface area contributed by atoms with Crippen LogP contribution in [0.15, 0.2) is 30.3 Å². The van der Waals surface area contributed by atoms with Gasteiger partial charge in [0.05, 0.1) is 12.0 Å². The lowest BCUT2D eigenvalue weighted by molar-refractivity contribution is -0.185. The third-order valence-corrected chi connectivity index (χ3v) is 7.23. The van der Waals surface area contributed by atoms with Crippen molar-refractivity contribution in [2.45, 2.75) is 69.9 Å². The Morgan fingerprint density at radius 1 is 1.00 bits per heavy atom. The molecule has 1 saturated heterocycles. The molecular formula is C26H29F6NO3. The average molecular weight is 518 g/mol. The summed E-state index contributed by atoms with van der Waals surface area (Å²) in [6.07, 6.45) is -8.08. The van der Waals surface area contributed by atoms with Gasteiger partial charge in [0.25, 0.3) is 0 Å². The number of nitrogens with zero attached hydrogens (tertiary/aromatic N) is 1. The summed E-state index contributed by atoms with van der Waals surface area (Å²) in [6, 6.07) is 7.56. The quantitative estimate of drug-likeness (QED) is 0.418. The first-order valence-electron chi connectivity index (χ1n) is 12.2. The van der Waals surface area contributed by atoms with Crippen molar-refractivity contribution < 1.29 is 41.0 Å². The Labute approximate surface area is 205 Å². The number of ether oxygens (including phenoxy) is 1. The molecule has 36 heavy (non-hydrogen) atoms. The average Bonchev–Trinajstić information content (AvgIpc) is 2.78. The fraction of sp³-hybridized carbons (Fsp3) is 0.577. The molecule has 1 atom stereocenters. The van der Waals surface area contributed by atoms with E-state index in [4.69, 9.17) is 9.84 Å². The number of halogens is 6. The van der Waals surface area contributed by atoms with Gasteiger partial charge < -0.3 is 9.84 Å². The van der Waals surface area contributed by atoms with Crippen LogP contribution in [0, 0.1) is 11.8 Å². The number of hydrogen-bond acceptors (Lipinski definition) is 3. The first-order valence-corrected chi connectivity index (χ1v) is 12.2. The second-order valence-corrected chi connectivity index (χ2v) is 9.97. The molecule has 2 aromatic carbocycles. The molecule has 0 spiro atoms. The molecule has 1 heterocycles. The Bertz CT molecular complexity index is 1080. The zero-order valence-corrected chi connectivity index (χ0v) is 19.7. The molecule has 2 aromatic rings. The summed E-state index contributed by atoms with van der Waals surface area (Å²) in [7, 11) is 0. The molecule has 0 aromatic heterocycles. The topological polar surface area (TPSA) is 49.8 Å². The maximum absolute atomic E-state index is 14.1. The fourth-order valence-corrected chi connectivity index (χ4v) is 5.50. The first kappa shape index (κ1) is 26.6. The summed E-state index contributed by atoms with van der Waals surface area (Å²) in [5.74, 6) is -2.57. The van der Waals surface area contributed by atoms with Crippen LogP contribution in [0.1, 0.15) is 56.1 Å². The van der Waals surface area contributed by atoms with Crippen LogP contribution in [-0.2, 0) is 17.5 Å². The minimum atomic E-state index is -4.70. The van der Waals surface area contributed by atoms with Gasteiger partial charge in [-0.05, 0) is 79.5 Å². The number of rotatable bonds is 6. The van der Waals surface area contributed by atoms with Crippen LogP contribution in [0.2, 0.25) is 0 Å². The van der Waals surface area contributed by atoms with Crippen LogP contribution < -0.4 is 4.74 Å². The maximum atomic E-state index is 14.1. The monoisotopic (exact) mass is 517 g/mol. The van der Waals surface area contributed by atoms with Gasteiger partial charge in [0.2, 0.25) is 0 Å². The summed E-state index contributed by atoms with van der Waals surface area (Å²) >= 11 is 0. The number of carbonyl (C=O) groups is 1. The van der Waals surface area contributed by atoms with Crippen molar-refractivity contribution in [3.05, 3.63) is 41.5 Å². The number of hydrogen-bond donors (Lipinski definition) is 1. The highest BCUT2D eigenvalue weighted by Crippen LogP contribution is 2.44. The van der Waals surface area contributed by atoms with Gasteiger partial charge in [-0.15, -0.1) is 0 Å². The lowest BCUT2D eigenvalue weighted by Crippen LogP contribution is -2.35. The summed E-state index contributed by atoms with van der Waals surface area (Å²) < 4.78 is 86.7. The van der Waals surface area contributed by atoms with Crippen molar-refractivity contribution >= 4 is 16.7 Å². The van der Waals surface area contributed by atoms with Crippen LogP contribution in [-0.4, -0.2) is 41.3 Å². The lowest BCUT2D eigenvalue weighted by atomic mass is 9.87. The Morgan fingerprint density at radius 2 is 1.72 bits per heavy atom. The Hall–Kier alpha value is -2.49. The smallest absolute Gasteiger partial charge is 0.420 e. The third-order valence-electron chi connectivity index (χ3n) is 7.23. The zero-order valence-electron chi connectivity index (χ0n) is 19.7. The molecule has 4 rings (SSSR count). The van der Waals surface area contributed by atoms with E-state index in [1.807, 2.05) is 0 Å². The summed E-state index contributed by atoms with van der Waals surface area (Å²) in [5, 5.41) is 9.43. The number of likely N-dealkylation sites (tertiary alicyclic amines) is 1. The summed E-state index contributed by atoms with van der Waals surface area (Å²) in [6.45, 7) is 1.93. The minimum absolute atomic E-state index is 0.0184. The van der Waals surface area contributed by atoms with Gasteiger partial charge >= 0.3 is 18.3 Å². The van der Waals surface area contributed by atoms with Gasteiger partial charge in [0.15, 0.2) is 0 Å². The van der Waals surface area contributed by atoms with Crippen molar-refractivity contribution in [1.29, 1.82) is 0 Å². The molecule has 1 aliphatic carbocycles. The van der Waals surface area contributed by atoms with E-state index in [1.165, 1.54) is 12.1 Å². The Balaban J connectivity index is 1.51. The van der Waals surface area contributed by atoms with Gasteiger partial charge in [0.1, 0.15) is 11.3 Å². The van der Waals surface area contributed by atoms with Gasteiger partial charge in [-0.2, -0.15) is 26.3 Å². The number of carboxylic acids is 1. The molecule has 4 nitrogen and oxygen atoms in total. The number of carboxylic acid groups (broad SMARTS) is 1. The zero-order chi connectivity index (χ0) is 26.1. The van der Waals surface area contributed by atoms with E-state index >= 15 is 0 Å². The molecule has 0 unspecified atom stereocenters. The molecule has 0 radical (unpaired) electrons. The second-order valence-electron chi connectivity index (χ2n) is 9.97. The molecule has 1 saturated carbocycles. The van der Waals surface area contributed by atoms with Crippen molar-refractivity contribution in [2.24, 2.45) is 11.8 Å². The fourth-order valence-electron chi connectivity index (χ4n) is 5.50. The largest absolute Gasteiger partial charge is 0.490 e. The normalized spacial score (nSPS) is 24.1. The van der Waals surface area contributed by atoms with Gasteiger partial charge in [-0.3, -0.25) is 9.69 Å². The summed E-state index contributed by atoms with van der Waals surface area (Å²) in [5.41, 5.74) is -0.0882. The van der Waals surface area contributed by atoms with Crippen LogP contribution in [0.3, 0.4) is 0 Å². The number of aliphatic carboxylic acids is 1. The number of piperidine rings is 1. The van der Waals surface area contributed by atoms with Gasteiger partial charge in [0, 0.05) is 19.5 Å². The molecule has 1 aliphatic heterocycles. The van der Waals surface area contributed by atoms with Crippen LogP contribution in [0.4, 0.5) is 26.3 Å². The molecule has 198 valence electrons. The van der Waals surface area contributed by atoms with E-state index in [9.17, 15) is 31.1 Å². The van der Waals surface area contributed by atoms with Crippen molar-refractivity contribution in [3.8, 4) is 5.75 Å². The van der Waals surface area contributed by atoms with E-state index in [1.54, 1.807) is 18.2 Å². The molecule has 1 N–H and O–H groups in total. The van der Waals surface area contributed by atoms with Gasteiger partial charge in [-0.1, -0.05) is 18.2 Å². The Kier molecular flexibility index (Phi) is 7.73. The maximum Gasteiger partial charge on any atom is 0.420 e. The van der Waals surface area contributed by atoms with E-state index in [2.05, 4.69) is 4.90 Å². The second kappa shape index (κ2) is 10.5. The van der Waals surface area contributed by atoms with Gasteiger partial charge in [-0.25, -0.2) is 0 Å². The number of benzene rings is 2. The van der Waals surface area contributed by atoms with Crippen LogP contribution in [0.25, 0.3) is 10.8 Å². The van der Waals surface area contributed by atoms with Crippen LogP contribution in [0.5, 0.6) is 5.75 Å². The van der Waals surface area contributed by atoms with Crippen molar-refractivity contribution in [3.63, 3.8) is 0 Å². The summed E-state index contributed by atoms with van der Waals surface area (Å²) in [4.78, 5) is 13.2. The van der Waals surface area contributed by atoms with E-state index in [-0.39, 0.29) is 49.2 Å². The predicted molar refractivity (Wildman–Crippen MR) is 122 cm³/mol. The standard InChI is InChI=1S/C26H29F6NO3/c27-25(28,29)19-5-7-20(8-6-19)36-22-10-4-18-12-17(3-9-21(18)24(22)26(30,31)32)15-33-11-1-2-16(14-33)13-23(34)35/h3-4,9-10,12,16,19-20H,1-2,5-8,11,13-15H2,(H,34,35)/t16-,19?,20?/m1/s1. The predicted octanol–water partition coefficient (Wildman–Crippen LogP) is 7.05. The molecular weight excluding hydrogens is 488 g/mol. The van der Waals surface area contributed by atoms with Crippen molar-refractivity contribution in [2.75, 3.05) is 13.1 Å². The molecule has 2 fully saturated rings. The first-order chi connectivity index (χ1) is 16.9. The highest BCUT2D eigenvalue weighted by molar-refractivity contribution is 5.89. The number of alkyl halides is 6. The Morgan fingerprint density at radius 3 is 2.36 bits per heavy atom. The molecule has 10 heteroatoms.